The number of hydrogen-bond donors (Lipinski definition) is 0. The van der Waals surface area contributed by atoms with Crippen molar-refractivity contribution in [1.82, 2.24) is 24.1 Å². The first kappa shape index (κ1) is 31.3. The molecule has 7 aromatic rings. The van der Waals surface area contributed by atoms with Crippen LogP contribution in [0.1, 0.15) is 20.7 Å². The second kappa shape index (κ2) is 13.2. The van der Waals surface area contributed by atoms with Crippen molar-refractivity contribution in [3.05, 3.63) is 139 Å². The molecule has 43 heavy (non-hydrogen) atoms. The Morgan fingerprint density at radius 3 is 1.23 bits per heavy atom. The molecule has 212 valence electrons. The number of carbonyl (C=O) groups excluding carboxylic acids is 2. The van der Waals surface area contributed by atoms with Gasteiger partial charge in [0.1, 0.15) is 11.4 Å². The Morgan fingerprint density at radius 2 is 0.814 bits per heavy atom. The summed E-state index contributed by atoms with van der Waals surface area (Å²) in [6, 6.07) is 38.7. The number of para-hydroxylation sites is 4. The summed E-state index contributed by atoms with van der Waals surface area (Å²) in [4.78, 5) is 41.9. The standard InChI is InChI=1S/C33H21N5O2.2ClH.Fe/c39-32(22-12-3-1-4-13-22)37-28-20-9-7-16-24(28)35-30(37)26-18-11-19-27(34-26)31-36-25-17-8-10-21-29(25)38(31)33(40)23-14-5-2-6-15-23;;;/h1-21H;2*1H;/q;;;+2/p-2. The number of halogens is 2. The van der Waals surface area contributed by atoms with Gasteiger partial charge in [-0.2, -0.15) is 0 Å². The molecule has 0 N–H and O–H groups in total. The van der Waals surface area contributed by atoms with Crippen LogP contribution in [0.4, 0.5) is 0 Å². The van der Waals surface area contributed by atoms with E-state index < -0.39 is 0 Å². The fourth-order valence-corrected chi connectivity index (χ4v) is 4.91. The van der Waals surface area contributed by atoms with E-state index in [4.69, 9.17) is 15.0 Å². The molecule has 0 bridgehead atoms. The third kappa shape index (κ3) is 5.61. The van der Waals surface area contributed by atoms with E-state index in [0.29, 0.717) is 56.2 Å². The van der Waals surface area contributed by atoms with Gasteiger partial charge in [0.2, 0.25) is 0 Å². The largest absolute Gasteiger partial charge is 2.00 e. The van der Waals surface area contributed by atoms with Gasteiger partial charge in [-0.25, -0.2) is 15.0 Å². The Hall–Kier alpha value is -4.59. The van der Waals surface area contributed by atoms with E-state index in [0.717, 1.165) is 0 Å². The molecule has 0 aliphatic heterocycles. The molecule has 0 radical (unpaired) electrons. The molecule has 0 atom stereocenters. The van der Waals surface area contributed by atoms with Gasteiger partial charge in [0, 0.05) is 11.1 Å². The zero-order chi connectivity index (χ0) is 27.1. The van der Waals surface area contributed by atoms with Gasteiger partial charge in [-0.15, -0.1) is 0 Å². The first-order chi connectivity index (χ1) is 19.7. The molecule has 0 unspecified atom stereocenters. The van der Waals surface area contributed by atoms with Crippen LogP contribution in [0, 0.1) is 0 Å². The van der Waals surface area contributed by atoms with Crippen LogP contribution in [-0.4, -0.2) is 35.9 Å². The molecule has 0 aliphatic rings. The summed E-state index contributed by atoms with van der Waals surface area (Å²) in [5, 5.41) is 0. The van der Waals surface area contributed by atoms with Gasteiger partial charge in [-0.1, -0.05) is 66.7 Å². The summed E-state index contributed by atoms with van der Waals surface area (Å²) in [5.41, 5.74) is 4.79. The van der Waals surface area contributed by atoms with E-state index >= 15 is 0 Å². The summed E-state index contributed by atoms with van der Waals surface area (Å²) in [5.74, 6) is 0.411. The molecule has 7 nitrogen and oxygen atoms in total. The maximum Gasteiger partial charge on any atom is 2.00 e. The van der Waals surface area contributed by atoms with Crippen molar-refractivity contribution in [2.75, 3.05) is 0 Å². The molecule has 0 spiro atoms. The van der Waals surface area contributed by atoms with E-state index in [-0.39, 0.29) is 53.7 Å². The zero-order valence-electron chi connectivity index (χ0n) is 22.3. The molecule has 0 fully saturated rings. The number of hydrogen-bond acceptors (Lipinski definition) is 5. The summed E-state index contributed by atoms with van der Waals surface area (Å²) >= 11 is 0. The number of imidazole rings is 2. The summed E-state index contributed by atoms with van der Waals surface area (Å²) < 4.78 is 3.18. The van der Waals surface area contributed by atoms with E-state index in [1.54, 1.807) is 33.4 Å². The maximum absolute atomic E-state index is 13.7. The molecule has 0 saturated carbocycles. The van der Waals surface area contributed by atoms with Crippen LogP contribution >= 0.6 is 0 Å². The average molecular weight is 646 g/mol. The van der Waals surface area contributed by atoms with Crippen LogP contribution in [0.25, 0.3) is 45.1 Å². The van der Waals surface area contributed by atoms with Crippen LogP contribution in [-0.2, 0) is 17.1 Å². The van der Waals surface area contributed by atoms with Crippen molar-refractivity contribution in [3.8, 4) is 23.0 Å². The van der Waals surface area contributed by atoms with Crippen LogP contribution in [0.15, 0.2) is 127 Å². The summed E-state index contributed by atoms with van der Waals surface area (Å²) in [7, 11) is 0. The first-order valence-electron chi connectivity index (χ1n) is 12.8. The van der Waals surface area contributed by atoms with Crippen LogP contribution < -0.4 is 24.8 Å². The van der Waals surface area contributed by atoms with Crippen molar-refractivity contribution < 1.29 is 51.5 Å². The summed E-state index contributed by atoms with van der Waals surface area (Å²) in [6.07, 6.45) is 0. The maximum atomic E-state index is 13.7. The third-order valence-corrected chi connectivity index (χ3v) is 6.78. The second-order valence-corrected chi connectivity index (χ2v) is 9.27. The number of carbonyl (C=O) groups is 2. The van der Waals surface area contributed by atoms with E-state index in [2.05, 4.69) is 0 Å². The molecule has 7 rings (SSSR count). The SMILES string of the molecule is O=C(c1ccccc1)n1c(-c2cccc(-c3nc4ccccc4n3C(=O)c3ccccc3)n2)nc2ccccc21.[Cl-].[Cl-].[Fe+2]. The Morgan fingerprint density at radius 1 is 0.442 bits per heavy atom. The van der Waals surface area contributed by atoms with Crippen molar-refractivity contribution in [2.45, 2.75) is 0 Å². The van der Waals surface area contributed by atoms with E-state index in [1.165, 1.54) is 0 Å². The second-order valence-electron chi connectivity index (χ2n) is 9.27. The first-order valence-corrected chi connectivity index (χ1v) is 12.8. The fourth-order valence-electron chi connectivity index (χ4n) is 4.91. The van der Waals surface area contributed by atoms with Gasteiger partial charge in [-0.05, 0) is 60.7 Å². The van der Waals surface area contributed by atoms with Gasteiger partial charge < -0.3 is 24.8 Å². The van der Waals surface area contributed by atoms with E-state index in [1.807, 2.05) is 103 Å². The van der Waals surface area contributed by atoms with Crippen molar-refractivity contribution in [1.29, 1.82) is 0 Å². The van der Waals surface area contributed by atoms with E-state index in [9.17, 15) is 9.59 Å². The number of pyridine rings is 1. The molecule has 4 aromatic carbocycles. The van der Waals surface area contributed by atoms with Crippen molar-refractivity contribution in [3.63, 3.8) is 0 Å². The predicted molar refractivity (Wildman–Crippen MR) is 154 cm³/mol. The van der Waals surface area contributed by atoms with Gasteiger partial charge in [0.05, 0.1) is 22.1 Å². The van der Waals surface area contributed by atoms with Gasteiger partial charge >= 0.3 is 17.1 Å². The smallest absolute Gasteiger partial charge is 1.00 e. The molecule has 3 aromatic heterocycles. The normalized spacial score (nSPS) is 10.4. The molecule has 3 heterocycles. The Bertz CT molecular complexity index is 1920. The van der Waals surface area contributed by atoms with Gasteiger partial charge in [0.15, 0.2) is 11.6 Å². The van der Waals surface area contributed by atoms with Crippen molar-refractivity contribution >= 4 is 33.9 Å². The Kier molecular flexibility index (Phi) is 9.59. The summed E-state index contributed by atoms with van der Waals surface area (Å²) in [6.45, 7) is 0. The molecule has 10 heteroatoms. The monoisotopic (exact) mass is 645 g/mol. The van der Waals surface area contributed by atoms with Gasteiger partial charge in [-0.3, -0.25) is 18.7 Å². The minimum atomic E-state index is -0.206. The van der Waals surface area contributed by atoms with Gasteiger partial charge in [0.25, 0.3) is 11.8 Å². The van der Waals surface area contributed by atoms with Crippen LogP contribution in [0.2, 0.25) is 0 Å². The Balaban J connectivity index is 0.00000141. The number of rotatable bonds is 4. The number of benzene rings is 4. The zero-order valence-corrected chi connectivity index (χ0v) is 24.9. The molecular weight excluding hydrogens is 625 g/mol. The number of aromatic nitrogens is 5. The van der Waals surface area contributed by atoms with Crippen LogP contribution in [0.3, 0.4) is 0 Å². The molecule has 0 amide bonds. The molecule has 0 aliphatic carbocycles. The van der Waals surface area contributed by atoms with Crippen LogP contribution in [0.5, 0.6) is 0 Å². The third-order valence-electron chi connectivity index (χ3n) is 6.78. The Labute approximate surface area is 269 Å². The quantitative estimate of drug-likeness (QED) is 0.261. The minimum Gasteiger partial charge on any atom is -1.00 e. The number of fused-ring (bicyclic) bond motifs is 2. The minimum absolute atomic E-state index is 0. The topological polar surface area (TPSA) is 82.7 Å². The fraction of sp³-hybridized carbons (Fsp3) is 0. The van der Waals surface area contributed by atoms with Crippen molar-refractivity contribution in [2.24, 2.45) is 0 Å². The molecular formula is C33H21Cl2FeN5O2. The average Bonchev–Trinajstić information content (AvgIpc) is 3.61. The predicted octanol–water partition coefficient (Wildman–Crippen LogP) is 0.498. The molecule has 0 saturated heterocycles. The number of nitrogens with zero attached hydrogens (tertiary/aromatic N) is 5.